The number of amides is 2. The maximum Gasteiger partial charge on any atom is 0.338 e. The monoisotopic (exact) mass is 350 g/mol. The van der Waals surface area contributed by atoms with Gasteiger partial charge in [-0.15, -0.1) is 0 Å². The third-order valence-corrected chi connectivity index (χ3v) is 3.23. The van der Waals surface area contributed by atoms with Crippen molar-refractivity contribution in [3.05, 3.63) is 35.4 Å². The second-order valence-corrected chi connectivity index (χ2v) is 5.82. The molecule has 2 amide bonds. The summed E-state index contributed by atoms with van der Waals surface area (Å²) in [5.41, 5.74) is 1.29. The summed E-state index contributed by atoms with van der Waals surface area (Å²) in [7, 11) is 0. The largest absolute Gasteiger partial charge is 0.452 e. The summed E-state index contributed by atoms with van der Waals surface area (Å²) in [5, 5.41) is 5.06. The lowest BCUT2D eigenvalue weighted by Gasteiger charge is -2.13. The number of likely N-dealkylation sites (N-methyl/N-ethyl adjacent to an activating group) is 1. The number of carbonyl (C=O) groups excluding carboxylic acids is 3. The Kier molecular flexibility index (Phi) is 8.63. The zero-order chi connectivity index (χ0) is 18.8. The van der Waals surface area contributed by atoms with E-state index in [1.165, 1.54) is 0 Å². The van der Waals surface area contributed by atoms with E-state index in [0.717, 1.165) is 5.56 Å². The van der Waals surface area contributed by atoms with Crippen molar-refractivity contribution >= 4 is 17.8 Å². The topological polar surface area (TPSA) is 93.7 Å². The molecule has 0 saturated carbocycles. The molecule has 0 aliphatic carbocycles. The Hall–Kier alpha value is -2.41. The predicted molar refractivity (Wildman–Crippen MR) is 92.9 cm³/mol. The van der Waals surface area contributed by atoms with Gasteiger partial charge in [-0.1, -0.05) is 12.1 Å². The maximum atomic E-state index is 11.9. The minimum Gasteiger partial charge on any atom is -0.452 e. The van der Waals surface area contributed by atoms with Crippen molar-refractivity contribution in [1.29, 1.82) is 0 Å². The Morgan fingerprint density at radius 2 is 1.72 bits per heavy atom. The smallest absolute Gasteiger partial charge is 0.338 e. The molecule has 0 bridgehead atoms. The van der Waals surface area contributed by atoms with Crippen molar-refractivity contribution in [2.75, 3.05) is 13.2 Å². The molecule has 138 valence electrons. The summed E-state index contributed by atoms with van der Waals surface area (Å²) in [5.74, 6) is -1.42. The number of hydrogen-bond acceptors (Lipinski definition) is 5. The van der Waals surface area contributed by atoms with E-state index in [-0.39, 0.29) is 12.0 Å². The molecule has 0 aliphatic heterocycles. The Balaban J connectivity index is 2.43. The Morgan fingerprint density at radius 3 is 2.28 bits per heavy atom. The molecule has 0 heterocycles. The standard InChI is InChI=1S/C18H26N2O5/c1-5-19-17(22)13(4)20-16(21)11-25-18(23)15-8-6-14(7-9-15)10-24-12(2)3/h6-9,12-13H,5,10-11H2,1-4H3,(H,19,22)(H,20,21)/t13-/m1/s1. The number of nitrogens with one attached hydrogen (secondary N) is 2. The molecule has 0 radical (unpaired) electrons. The quantitative estimate of drug-likeness (QED) is 0.657. The number of carbonyl (C=O) groups is 3. The van der Waals surface area contributed by atoms with Gasteiger partial charge >= 0.3 is 5.97 Å². The molecule has 7 nitrogen and oxygen atoms in total. The van der Waals surface area contributed by atoms with E-state index in [1.54, 1.807) is 38.1 Å². The van der Waals surface area contributed by atoms with Gasteiger partial charge in [-0.25, -0.2) is 4.79 Å². The molecule has 0 aliphatic rings. The van der Waals surface area contributed by atoms with Gasteiger partial charge in [-0.3, -0.25) is 9.59 Å². The van der Waals surface area contributed by atoms with Gasteiger partial charge in [0, 0.05) is 6.54 Å². The lowest BCUT2D eigenvalue weighted by molar-refractivity contribution is -0.130. The first kappa shape index (κ1) is 20.6. The van der Waals surface area contributed by atoms with Crippen LogP contribution in [0.5, 0.6) is 0 Å². The molecule has 0 saturated heterocycles. The molecule has 1 rings (SSSR count). The highest BCUT2D eigenvalue weighted by atomic mass is 16.5. The van der Waals surface area contributed by atoms with Crippen molar-refractivity contribution in [3.8, 4) is 0 Å². The van der Waals surface area contributed by atoms with E-state index in [0.29, 0.717) is 18.7 Å². The van der Waals surface area contributed by atoms with E-state index in [1.807, 2.05) is 13.8 Å². The Bertz CT molecular complexity index is 584. The maximum absolute atomic E-state index is 11.9. The molecule has 1 aromatic rings. The van der Waals surface area contributed by atoms with E-state index in [9.17, 15) is 14.4 Å². The van der Waals surface area contributed by atoms with Crippen molar-refractivity contribution in [2.24, 2.45) is 0 Å². The molecule has 0 fully saturated rings. The van der Waals surface area contributed by atoms with Crippen LogP contribution in [-0.2, 0) is 25.7 Å². The molecule has 1 atom stereocenters. The summed E-state index contributed by atoms with van der Waals surface area (Å²) in [6.07, 6.45) is 0.130. The average molecular weight is 350 g/mol. The Labute approximate surface area is 148 Å². The predicted octanol–water partition coefficient (Wildman–Crippen LogP) is 1.41. The van der Waals surface area contributed by atoms with Crippen molar-refractivity contribution in [2.45, 2.75) is 46.4 Å². The molecule has 1 aromatic carbocycles. The van der Waals surface area contributed by atoms with Crippen molar-refractivity contribution in [3.63, 3.8) is 0 Å². The fourth-order valence-corrected chi connectivity index (χ4v) is 1.89. The second-order valence-electron chi connectivity index (χ2n) is 5.82. The van der Waals surface area contributed by atoms with Crippen LogP contribution in [0, 0.1) is 0 Å². The van der Waals surface area contributed by atoms with Crippen molar-refractivity contribution < 1.29 is 23.9 Å². The fourth-order valence-electron chi connectivity index (χ4n) is 1.89. The fraction of sp³-hybridized carbons (Fsp3) is 0.500. The summed E-state index contributed by atoms with van der Waals surface area (Å²) in [4.78, 5) is 35.2. The number of benzene rings is 1. The lowest BCUT2D eigenvalue weighted by atomic mass is 10.1. The van der Waals surface area contributed by atoms with E-state index >= 15 is 0 Å². The SMILES string of the molecule is CCNC(=O)[C@@H](C)NC(=O)COC(=O)c1ccc(COC(C)C)cc1. The molecule has 2 N–H and O–H groups in total. The van der Waals surface area contributed by atoms with Gasteiger partial charge in [0.25, 0.3) is 5.91 Å². The van der Waals surface area contributed by atoms with Gasteiger partial charge in [-0.2, -0.15) is 0 Å². The molecule has 0 spiro atoms. The average Bonchev–Trinajstić information content (AvgIpc) is 2.58. The van der Waals surface area contributed by atoms with Gasteiger partial charge in [0.2, 0.25) is 5.91 Å². The highest BCUT2D eigenvalue weighted by Gasteiger charge is 2.16. The van der Waals surface area contributed by atoms with Crippen molar-refractivity contribution in [1.82, 2.24) is 10.6 Å². The zero-order valence-corrected chi connectivity index (χ0v) is 15.1. The first-order valence-corrected chi connectivity index (χ1v) is 8.28. The summed E-state index contributed by atoms with van der Waals surface area (Å²) in [6, 6.07) is 6.10. The summed E-state index contributed by atoms with van der Waals surface area (Å²) < 4.78 is 10.4. The van der Waals surface area contributed by atoms with Crippen LogP contribution in [-0.4, -0.2) is 43.1 Å². The summed E-state index contributed by atoms with van der Waals surface area (Å²) in [6.45, 7) is 7.74. The van der Waals surface area contributed by atoms with E-state index in [2.05, 4.69) is 10.6 Å². The van der Waals surface area contributed by atoms with Gasteiger partial charge < -0.3 is 20.1 Å². The van der Waals surface area contributed by atoms with Crippen LogP contribution in [0.2, 0.25) is 0 Å². The van der Waals surface area contributed by atoms with Crippen LogP contribution in [0.4, 0.5) is 0 Å². The Morgan fingerprint density at radius 1 is 1.08 bits per heavy atom. The van der Waals surface area contributed by atoms with Crippen LogP contribution in [0.1, 0.15) is 43.6 Å². The normalized spacial score (nSPS) is 11.7. The number of rotatable bonds is 9. The highest BCUT2D eigenvalue weighted by Crippen LogP contribution is 2.08. The van der Waals surface area contributed by atoms with Crippen LogP contribution < -0.4 is 10.6 Å². The number of hydrogen-bond donors (Lipinski definition) is 2. The molecule has 0 unspecified atom stereocenters. The minimum absolute atomic E-state index is 0.130. The first-order chi connectivity index (χ1) is 11.8. The van der Waals surface area contributed by atoms with Crippen LogP contribution >= 0.6 is 0 Å². The van der Waals surface area contributed by atoms with Gasteiger partial charge in [-0.05, 0) is 45.4 Å². The van der Waals surface area contributed by atoms with Gasteiger partial charge in [0.15, 0.2) is 6.61 Å². The second kappa shape index (κ2) is 10.5. The molecular formula is C18H26N2O5. The van der Waals surface area contributed by atoms with E-state index in [4.69, 9.17) is 9.47 Å². The number of esters is 1. The van der Waals surface area contributed by atoms with Crippen LogP contribution in [0.25, 0.3) is 0 Å². The lowest BCUT2D eigenvalue weighted by Crippen LogP contribution is -2.46. The third-order valence-electron chi connectivity index (χ3n) is 3.23. The van der Waals surface area contributed by atoms with E-state index < -0.39 is 24.5 Å². The third kappa shape index (κ3) is 7.80. The molecule has 0 aromatic heterocycles. The first-order valence-electron chi connectivity index (χ1n) is 8.28. The van der Waals surface area contributed by atoms with Gasteiger partial charge in [0.05, 0.1) is 18.3 Å². The summed E-state index contributed by atoms with van der Waals surface area (Å²) >= 11 is 0. The van der Waals surface area contributed by atoms with Crippen LogP contribution in [0.15, 0.2) is 24.3 Å². The highest BCUT2D eigenvalue weighted by molar-refractivity contribution is 5.92. The van der Waals surface area contributed by atoms with Crippen LogP contribution in [0.3, 0.4) is 0 Å². The zero-order valence-electron chi connectivity index (χ0n) is 15.1. The van der Waals surface area contributed by atoms with Gasteiger partial charge in [0.1, 0.15) is 6.04 Å². The molecular weight excluding hydrogens is 324 g/mol. The minimum atomic E-state index is -0.689. The molecule has 7 heteroatoms. The number of ether oxygens (including phenoxy) is 2. The molecule has 25 heavy (non-hydrogen) atoms.